The molecular weight excluding hydrogens is 515 g/mol. The van der Waals surface area contributed by atoms with E-state index < -0.39 is 0 Å². The van der Waals surface area contributed by atoms with Gasteiger partial charge in [-0.3, -0.25) is 9.69 Å². The molecule has 0 unspecified atom stereocenters. The lowest BCUT2D eigenvalue weighted by Crippen LogP contribution is -2.28. The van der Waals surface area contributed by atoms with Crippen LogP contribution >= 0.6 is 35.0 Å². The molecule has 1 amide bonds. The predicted octanol–water partition coefficient (Wildman–Crippen LogP) is 7.86. The Hall–Kier alpha value is -3.19. The number of carbonyl (C=O) groups is 1. The number of nitrogens with zero attached hydrogens (tertiary/aromatic N) is 2. The van der Waals surface area contributed by atoms with Crippen LogP contribution in [0, 0.1) is 13.8 Å². The number of aliphatic imine (C=N–C) groups is 1. The van der Waals surface area contributed by atoms with Crippen LogP contribution in [-0.2, 0) is 11.2 Å². The second-order valence-electron chi connectivity index (χ2n) is 8.24. The van der Waals surface area contributed by atoms with Crippen molar-refractivity contribution in [3.05, 3.63) is 98.4 Å². The first-order valence-corrected chi connectivity index (χ1v) is 12.6. The predicted molar refractivity (Wildman–Crippen MR) is 151 cm³/mol. The Morgan fingerprint density at radius 2 is 1.78 bits per heavy atom. The van der Waals surface area contributed by atoms with Crippen LogP contribution in [0.2, 0.25) is 10.0 Å². The molecule has 1 fully saturated rings. The highest BCUT2D eigenvalue weighted by molar-refractivity contribution is 8.19. The summed E-state index contributed by atoms with van der Waals surface area (Å²) in [6.45, 7) is 7.57. The van der Waals surface area contributed by atoms with Gasteiger partial charge in [-0.25, -0.2) is 4.99 Å². The molecule has 1 aliphatic heterocycles. The van der Waals surface area contributed by atoms with Crippen LogP contribution < -0.4 is 9.64 Å². The molecule has 5 nitrogen and oxygen atoms in total. The van der Waals surface area contributed by atoms with E-state index in [1.54, 1.807) is 30.4 Å². The number of carbonyl (C=O) groups excluding carboxylic acids is 1. The van der Waals surface area contributed by atoms with Gasteiger partial charge in [-0.2, -0.15) is 0 Å². The highest BCUT2D eigenvalue weighted by atomic mass is 35.5. The van der Waals surface area contributed by atoms with Crippen LogP contribution in [0.4, 0.5) is 11.4 Å². The Balaban J connectivity index is 1.82. The number of methoxy groups -OCH3 is 1. The van der Waals surface area contributed by atoms with Crippen molar-refractivity contribution in [3.8, 4) is 11.5 Å². The number of rotatable bonds is 6. The molecule has 1 heterocycles. The van der Waals surface area contributed by atoms with Gasteiger partial charge in [-0.1, -0.05) is 41.4 Å². The summed E-state index contributed by atoms with van der Waals surface area (Å²) in [4.78, 5) is 20.4. The second-order valence-corrected chi connectivity index (χ2v) is 10.1. The minimum Gasteiger partial charge on any atom is -0.504 e. The summed E-state index contributed by atoms with van der Waals surface area (Å²) in [5, 5.41) is 12.1. The molecule has 1 aliphatic rings. The number of amides is 1. The molecule has 184 valence electrons. The molecule has 0 bridgehead atoms. The zero-order valence-corrected chi connectivity index (χ0v) is 22.3. The zero-order chi connectivity index (χ0) is 26.0. The SMILES string of the molecule is C=CCc1cc(/C=C2/SC(=Nc3ccc(C)c(Cl)c3)N(c3ccc(C)c(Cl)c3)C2=O)cc(OC)c1O. The Morgan fingerprint density at radius 3 is 2.42 bits per heavy atom. The second kappa shape index (κ2) is 10.8. The number of allylic oxidation sites excluding steroid dienone is 1. The summed E-state index contributed by atoms with van der Waals surface area (Å²) < 4.78 is 5.33. The van der Waals surface area contributed by atoms with Gasteiger partial charge in [0, 0.05) is 15.6 Å². The fraction of sp³-hybridized carbons (Fsp3) is 0.143. The minimum absolute atomic E-state index is 0.0550. The third-order valence-corrected chi connectivity index (χ3v) is 7.44. The molecule has 8 heteroatoms. The Kier molecular flexibility index (Phi) is 7.79. The van der Waals surface area contributed by atoms with E-state index in [-0.39, 0.29) is 11.7 Å². The Labute approximate surface area is 224 Å². The average molecular weight is 539 g/mol. The quantitative estimate of drug-likeness (QED) is 0.256. The number of halogens is 2. The summed E-state index contributed by atoms with van der Waals surface area (Å²) in [6.07, 6.45) is 3.91. The minimum atomic E-state index is -0.241. The number of thioether (sulfide) groups is 1. The van der Waals surface area contributed by atoms with Crippen LogP contribution in [0.25, 0.3) is 6.08 Å². The van der Waals surface area contributed by atoms with Crippen LogP contribution in [0.15, 0.2) is 71.1 Å². The Bertz CT molecular complexity index is 1430. The van der Waals surface area contributed by atoms with E-state index in [4.69, 9.17) is 32.9 Å². The number of benzene rings is 3. The summed E-state index contributed by atoms with van der Waals surface area (Å²) in [5.41, 5.74) is 4.44. The van der Waals surface area contributed by atoms with Crippen LogP contribution in [0.3, 0.4) is 0 Å². The maximum Gasteiger partial charge on any atom is 0.271 e. The molecule has 0 spiro atoms. The van der Waals surface area contributed by atoms with Crippen molar-refractivity contribution < 1.29 is 14.6 Å². The van der Waals surface area contributed by atoms with Crippen LogP contribution in [0.5, 0.6) is 11.5 Å². The van der Waals surface area contributed by atoms with Crippen LogP contribution in [0.1, 0.15) is 22.3 Å². The van der Waals surface area contributed by atoms with Crippen molar-refractivity contribution in [3.63, 3.8) is 0 Å². The molecule has 0 saturated carbocycles. The lowest BCUT2D eigenvalue weighted by molar-refractivity contribution is -0.113. The van der Waals surface area contributed by atoms with E-state index in [1.165, 1.54) is 23.8 Å². The van der Waals surface area contributed by atoms with Gasteiger partial charge in [0.25, 0.3) is 5.91 Å². The van der Waals surface area contributed by atoms with Gasteiger partial charge in [0.05, 0.1) is 23.4 Å². The number of phenols is 1. The summed E-state index contributed by atoms with van der Waals surface area (Å²) >= 11 is 13.9. The van der Waals surface area contributed by atoms with Crippen molar-refractivity contribution in [2.24, 2.45) is 4.99 Å². The molecule has 36 heavy (non-hydrogen) atoms. The summed E-state index contributed by atoms with van der Waals surface area (Å²) in [5.74, 6) is 0.135. The van der Waals surface area contributed by atoms with Crippen molar-refractivity contribution in [2.45, 2.75) is 20.3 Å². The fourth-order valence-electron chi connectivity index (χ4n) is 3.65. The van der Waals surface area contributed by atoms with Gasteiger partial charge in [0.15, 0.2) is 16.7 Å². The van der Waals surface area contributed by atoms with Gasteiger partial charge in [-0.05, 0) is 91.2 Å². The lowest BCUT2D eigenvalue weighted by atomic mass is 10.1. The molecule has 1 N–H and O–H groups in total. The number of phenolic OH excluding ortho intramolecular Hbond substituents is 1. The van der Waals surface area contributed by atoms with Crippen molar-refractivity contribution in [1.82, 2.24) is 0 Å². The molecule has 0 aromatic heterocycles. The molecule has 4 rings (SSSR count). The molecule has 1 saturated heterocycles. The molecule has 0 radical (unpaired) electrons. The normalized spacial score (nSPS) is 15.7. The van der Waals surface area contributed by atoms with Gasteiger partial charge < -0.3 is 9.84 Å². The Morgan fingerprint density at radius 1 is 1.08 bits per heavy atom. The molecule has 3 aromatic rings. The van der Waals surface area contributed by atoms with E-state index >= 15 is 0 Å². The number of hydrogen-bond acceptors (Lipinski definition) is 5. The van der Waals surface area contributed by atoms with Gasteiger partial charge in [-0.15, -0.1) is 6.58 Å². The molecule has 0 atom stereocenters. The van der Waals surface area contributed by atoms with E-state index in [0.717, 1.165) is 11.1 Å². The summed E-state index contributed by atoms with van der Waals surface area (Å²) in [7, 11) is 1.49. The van der Waals surface area contributed by atoms with E-state index in [9.17, 15) is 9.90 Å². The highest BCUT2D eigenvalue weighted by Crippen LogP contribution is 2.40. The number of amidine groups is 1. The maximum absolute atomic E-state index is 13.7. The van der Waals surface area contributed by atoms with E-state index in [1.807, 2.05) is 44.2 Å². The largest absolute Gasteiger partial charge is 0.504 e. The average Bonchev–Trinajstić information content (AvgIpc) is 3.14. The fourth-order valence-corrected chi connectivity index (χ4v) is 5.00. The third kappa shape index (κ3) is 5.31. The monoisotopic (exact) mass is 538 g/mol. The molecular formula is C28H24Cl2N2O3S. The smallest absolute Gasteiger partial charge is 0.271 e. The summed E-state index contributed by atoms with van der Waals surface area (Å²) in [6, 6.07) is 14.5. The first-order chi connectivity index (χ1) is 17.2. The highest BCUT2D eigenvalue weighted by Gasteiger charge is 2.35. The number of anilines is 1. The number of aryl methyl sites for hydroxylation is 2. The number of hydrogen-bond donors (Lipinski definition) is 1. The number of ether oxygens (including phenoxy) is 1. The van der Waals surface area contributed by atoms with Crippen molar-refractivity contribution in [2.75, 3.05) is 12.0 Å². The lowest BCUT2D eigenvalue weighted by Gasteiger charge is -2.16. The first kappa shape index (κ1) is 25.9. The topological polar surface area (TPSA) is 62.1 Å². The van der Waals surface area contributed by atoms with Crippen LogP contribution in [-0.4, -0.2) is 23.3 Å². The standard InChI is InChI=1S/C28H24Cl2N2O3S/c1-5-6-19-11-18(12-24(35-4)26(19)33)13-25-27(34)32(21-10-8-17(3)23(30)15-21)28(36-25)31-20-9-7-16(2)22(29)14-20/h5,7-15,33H,1,6H2,2-4H3/b25-13+,31-28?. The van der Waals surface area contributed by atoms with Gasteiger partial charge in [0.2, 0.25) is 0 Å². The maximum atomic E-state index is 13.7. The van der Waals surface area contributed by atoms with Crippen molar-refractivity contribution >= 4 is 63.5 Å². The molecule has 0 aliphatic carbocycles. The third-order valence-electron chi connectivity index (χ3n) is 5.66. The van der Waals surface area contributed by atoms with Crippen molar-refractivity contribution in [1.29, 1.82) is 0 Å². The van der Waals surface area contributed by atoms with E-state index in [0.29, 0.717) is 54.8 Å². The van der Waals surface area contributed by atoms with Gasteiger partial charge >= 0.3 is 0 Å². The molecule has 3 aromatic carbocycles. The number of aromatic hydroxyl groups is 1. The van der Waals surface area contributed by atoms with E-state index in [2.05, 4.69) is 6.58 Å². The van der Waals surface area contributed by atoms with Gasteiger partial charge in [0.1, 0.15) is 0 Å². The zero-order valence-electron chi connectivity index (χ0n) is 20.0. The first-order valence-electron chi connectivity index (χ1n) is 11.1.